The zero-order valence-electron chi connectivity index (χ0n) is 11.9. The van der Waals surface area contributed by atoms with Crippen LogP contribution in [0.3, 0.4) is 0 Å². The molecule has 0 aliphatic heterocycles. The first kappa shape index (κ1) is 14.1. The number of para-hydroxylation sites is 1. The fourth-order valence-corrected chi connectivity index (χ4v) is 2.12. The maximum atomic E-state index is 11.9. The van der Waals surface area contributed by atoms with Crippen LogP contribution in [0.5, 0.6) is 0 Å². The number of fused-ring (bicyclic) bond motifs is 1. The van der Waals surface area contributed by atoms with Crippen molar-refractivity contribution >= 4 is 16.8 Å². The predicted molar refractivity (Wildman–Crippen MR) is 79.0 cm³/mol. The first-order valence-corrected chi connectivity index (χ1v) is 6.84. The molecule has 0 aliphatic carbocycles. The Morgan fingerprint density at radius 3 is 2.85 bits per heavy atom. The summed E-state index contributed by atoms with van der Waals surface area (Å²) < 4.78 is 2.06. The smallest absolute Gasteiger partial charge is 0.223 e. The molecule has 0 spiro atoms. The van der Waals surface area contributed by atoms with Gasteiger partial charge in [-0.05, 0) is 30.9 Å². The molecule has 1 heterocycles. The van der Waals surface area contributed by atoms with E-state index in [1.54, 1.807) is 6.92 Å². The Bertz CT molecular complexity index is 653. The van der Waals surface area contributed by atoms with Crippen LogP contribution in [0.2, 0.25) is 0 Å². The Balaban J connectivity index is 1.99. The molecule has 1 N–H and O–H groups in total. The molecule has 20 heavy (non-hydrogen) atoms. The van der Waals surface area contributed by atoms with Crippen LogP contribution in [-0.4, -0.2) is 16.0 Å². The van der Waals surface area contributed by atoms with Gasteiger partial charge in [0.05, 0.1) is 6.07 Å². The van der Waals surface area contributed by atoms with Crippen LogP contribution in [0, 0.1) is 11.3 Å². The molecular weight excluding hydrogens is 250 g/mol. The highest BCUT2D eigenvalue weighted by Crippen LogP contribution is 2.15. The van der Waals surface area contributed by atoms with Crippen LogP contribution < -0.4 is 5.32 Å². The molecule has 0 fully saturated rings. The van der Waals surface area contributed by atoms with E-state index in [1.807, 2.05) is 37.4 Å². The highest BCUT2D eigenvalue weighted by Gasteiger charge is 2.23. The minimum absolute atomic E-state index is 0.0892. The van der Waals surface area contributed by atoms with Crippen molar-refractivity contribution in [1.82, 2.24) is 9.88 Å². The van der Waals surface area contributed by atoms with E-state index in [4.69, 9.17) is 5.26 Å². The minimum atomic E-state index is -0.768. The molecule has 0 radical (unpaired) electrons. The summed E-state index contributed by atoms with van der Waals surface area (Å²) in [6.07, 6.45) is 2.96. The van der Waals surface area contributed by atoms with E-state index in [9.17, 15) is 4.79 Å². The number of hydrogen-bond acceptors (Lipinski definition) is 2. The summed E-state index contributed by atoms with van der Waals surface area (Å²) in [5.41, 5.74) is 0.356. The molecule has 0 saturated carbocycles. The monoisotopic (exact) mass is 269 g/mol. The maximum Gasteiger partial charge on any atom is 0.223 e. The average molecular weight is 269 g/mol. The molecule has 0 bridgehead atoms. The highest BCUT2D eigenvalue weighted by atomic mass is 16.1. The number of hydrogen-bond donors (Lipinski definition) is 1. The third-order valence-corrected chi connectivity index (χ3v) is 3.63. The summed E-state index contributed by atoms with van der Waals surface area (Å²) in [5, 5.41) is 13.0. The number of rotatable bonds is 5. The van der Waals surface area contributed by atoms with Gasteiger partial charge in [0.15, 0.2) is 0 Å². The molecule has 2 aromatic rings. The van der Waals surface area contributed by atoms with Gasteiger partial charge in [-0.25, -0.2) is 0 Å². The Kier molecular flexibility index (Phi) is 4.09. The van der Waals surface area contributed by atoms with E-state index in [0.29, 0.717) is 19.4 Å². The van der Waals surface area contributed by atoms with Gasteiger partial charge in [0.1, 0.15) is 5.54 Å². The lowest BCUT2D eigenvalue weighted by atomic mass is 10.0. The van der Waals surface area contributed by atoms with E-state index in [0.717, 1.165) is 5.52 Å². The van der Waals surface area contributed by atoms with Gasteiger partial charge in [0, 0.05) is 24.7 Å². The van der Waals surface area contributed by atoms with Crippen molar-refractivity contribution in [2.75, 3.05) is 0 Å². The van der Waals surface area contributed by atoms with Crippen molar-refractivity contribution in [3.8, 4) is 6.07 Å². The van der Waals surface area contributed by atoms with Gasteiger partial charge in [0.2, 0.25) is 5.91 Å². The van der Waals surface area contributed by atoms with Gasteiger partial charge in [-0.15, -0.1) is 0 Å². The number of carbonyl (C=O) groups excluding carboxylic acids is 1. The standard InChI is InChI=1S/C16H19N3O/c1-3-16(2,12-17)18-15(20)9-11-19-10-8-13-6-4-5-7-14(13)19/h4-8,10H,3,9,11H2,1-2H3,(H,18,20). The molecule has 4 nitrogen and oxygen atoms in total. The van der Waals surface area contributed by atoms with Crippen molar-refractivity contribution in [2.24, 2.45) is 0 Å². The second-order valence-corrected chi connectivity index (χ2v) is 5.16. The molecule has 1 unspecified atom stereocenters. The van der Waals surface area contributed by atoms with Crippen molar-refractivity contribution in [3.05, 3.63) is 36.5 Å². The summed E-state index contributed by atoms with van der Waals surface area (Å²) in [5.74, 6) is -0.0892. The average Bonchev–Trinajstić information content (AvgIpc) is 2.88. The number of benzene rings is 1. The maximum absolute atomic E-state index is 11.9. The van der Waals surface area contributed by atoms with E-state index in [1.165, 1.54) is 5.39 Å². The van der Waals surface area contributed by atoms with Gasteiger partial charge in [-0.3, -0.25) is 4.79 Å². The summed E-state index contributed by atoms with van der Waals surface area (Å²) in [6, 6.07) is 12.3. The van der Waals surface area contributed by atoms with E-state index in [2.05, 4.69) is 22.0 Å². The third-order valence-electron chi connectivity index (χ3n) is 3.63. The first-order valence-electron chi connectivity index (χ1n) is 6.84. The largest absolute Gasteiger partial charge is 0.347 e. The van der Waals surface area contributed by atoms with Crippen LogP contribution in [0.1, 0.15) is 26.7 Å². The molecule has 1 aromatic carbocycles. The van der Waals surface area contributed by atoms with Crippen molar-refractivity contribution in [3.63, 3.8) is 0 Å². The normalized spacial score (nSPS) is 13.7. The third kappa shape index (κ3) is 3.00. The molecule has 1 atom stereocenters. The Hall–Kier alpha value is -2.28. The zero-order chi connectivity index (χ0) is 14.6. The summed E-state index contributed by atoms with van der Waals surface area (Å²) in [7, 11) is 0. The number of nitriles is 1. The second-order valence-electron chi connectivity index (χ2n) is 5.16. The van der Waals surface area contributed by atoms with E-state index >= 15 is 0 Å². The molecule has 2 rings (SSSR count). The molecule has 4 heteroatoms. The Labute approximate surface area is 119 Å². The van der Waals surface area contributed by atoms with Gasteiger partial charge >= 0.3 is 0 Å². The van der Waals surface area contributed by atoms with Gasteiger partial charge in [-0.2, -0.15) is 5.26 Å². The van der Waals surface area contributed by atoms with Crippen LogP contribution in [0.4, 0.5) is 0 Å². The number of aromatic nitrogens is 1. The molecule has 0 saturated heterocycles. The van der Waals surface area contributed by atoms with Crippen molar-refractivity contribution in [1.29, 1.82) is 5.26 Å². The quantitative estimate of drug-likeness (QED) is 0.907. The van der Waals surface area contributed by atoms with Crippen molar-refractivity contribution < 1.29 is 4.79 Å². The molecule has 1 aromatic heterocycles. The summed E-state index contributed by atoms with van der Waals surface area (Å²) in [4.78, 5) is 11.9. The SMILES string of the molecule is CCC(C)(C#N)NC(=O)CCn1ccc2ccccc21. The lowest BCUT2D eigenvalue weighted by Gasteiger charge is -2.21. The Morgan fingerprint density at radius 2 is 2.15 bits per heavy atom. The van der Waals surface area contributed by atoms with Gasteiger partial charge in [-0.1, -0.05) is 25.1 Å². The zero-order valence-corrected chi connectivity index (χ0v) is 11.9. The highest BCUT2D eigenvalue weighted by molar-refractivity contribution is 5.81. The molecular formula is C16H19N3O. The van der Waals surface area contributed by atoms with Crippen molar-refractivity contribution in [2.45, 2.75) is 38.8 Å². The fraction of sp³-hybridized carbons (Fsp3) is 0.375. The first-order chi connectivity index (χ1) is 9.58. The number of carbonyl (C=O) groups is 1. The number of amides is 1. The van der Waals surface area contributed by atoms with Gasteiger partial charge < -0.3 is 9.88 Å². The van der Waals surface area contributed by atoms with Crippen LogP contribution in [0.25, 0.3) is 10.9 Å². The predicted octanol–water partition coefficient (Wildman–Crippen LogP) is 2.84. The lowest BCUT2D eigenvalue weighted by Crippen LogP contribution is -2.44. The molecule has 104 valence electrons. The number of aryl methyl sites for hydroxylation is 1. The lowest BCUT2D eigenvalue weighted by molar-refractivity contribution is -0.122. The number of nitrogens with zero attached hydrogens (tertiary/aromatic N) is 2. The molecule has 0 aliphatic rings. The summed E-state index contributed by atoms with van der Waals surface area (Å²) in [6.45, 7) is 4.25. The Morgan fingerprint density at radius 1 is 1.40 bits per heavy atom. The van der Waals surface area contributed by atoms with E-state index in [-0.39, 0.29) is 5.91 Å². The van der Waals surface area contributed by atoms with Crippen LogP contribution in [0.15, 0.2) is 36.5 Å². The van der Waals surface area contributed by atoms with Gasteiger partial charge in [0.25, 0.3) is 0 Å². The van der Waals surface area contributed by atoms with Crippen LogP contribution in [-0.2, 0) is 11.3 Å². The van der Waals surface area contributed by atoms with E-state index < -0.39 is 5.54 Å². The number of nitrogens with one attached hydrogen (secondary N) is 1. The van der Waals surface area contributed by atoms with Crippen LogP contribution >= 0.6 is 0 Å². The topological polar surface area (TPSA) is 57.8 Å². The molecule has 1 amide bonds. The summed E-state index contributed by atoms with van der Waals surface area (Å²) >= 11 is 0. The fourth-order valence-electron chi connectivity index (χ4n) is 2.12. The minimum Gasteiger partial charge on any atom is -0.347 e. The second kappa shape index (κ2) is 5.79.